The van der Waals surface area contributed by atoms with Crippen LogP contribution in [-0.4, -0.2) is 18.1 Å². The van der Waals surface area contributed by atoms with Gasteiger partial charge in [0.05, 0.1) is 6.54 Å². The van der Waals surface area contributed by atoms with E-state index in [0.29, 0.717) is 12.2 Å². The van der Waals surface area contributed by atoms with Crippen LogP contribution in [0, 0.1) is 29.6 Å². The standard InChI is InChI=1S/C13H13N3/c1-2-7-16(10-11-3-4-11)13-5-6-15-12(8-13)9-14/h1,5-6,8,11H,3-4,7,10H2. The third-order valence-corrected chi connectivity index (χ3v) is 2.68. The summed E-state index contributed by atoms with van der Waals surface area (Å²) in [6.07, 6.45) is 9.60. The number of nitriles is 1. The first-order valence-corrected chi connectivity index (χ1v) is 5.38. The molecule has 80 valence electrons. The summed E-state index contributed by atoms with van der Waals surface area (Å²) in [6.45, 7) is 1.57. The topological polar surface area (TPSA) is 39.9 Å². The fourth-order valence-corrected chi connectivity index (χ4v) is 1.66. The molecule has 1 aliphatic rings. The van der Waals surface area contributed by atoms with E-state index in [9.17, 15) is 0 Å². The minimum absolute atomic E-state index is 0.440. The van der Waals surface area contributed by atoms with Gasteiger partial charge in [-0.1, -0.05) is 5.92 Å². The number of anilines is 1. The SMILES string of the molecule is C#CCN(CC1CC1)c1ccnc(C#N)c1. The highest BCUT2D eigenvalue weighted by Gasteiger charge is 2.24. The lowest BCUT2D eigenvalue weighted by molar-refractivity contribution is 0.764. The van der Waals surface area contributed by atoms with Crippen LogP contribution in [0.15, 0.2) is 18.3 Å². The Kier molecular flexibility index (Phi) is 3.08. The van der Waals surface area contributed by atoms with Crippen molar-refractivity contribution in [2.45, 2.75) is 12.8 Å². The molecule has 2 rings (SSSR count). The lowest BCUT2D eigenvalue weighted by Gasteiger charge is -2.22. The Labute approximate surface area is 95.7 Å². The van der Waals surface area contributed by atoms with Gasteiger partial charge in [-0.2, -0.15) is 5.26 Å². The molecule has 1 aromatic heterocycles. The zero-order valence-corrected chi connectivity index (χ0v) is 9.06. The molecule has 0 bridgehead atoms. The third kappa shape index (κ3) is 2.52. The van der Waals surface area contributed by atoms with E-state index in [1.807, 2.05) is 12.1 Å². The van der Waals surface area contributed by atoms with Crippen LogP contribution in [0.25, 0.3) is 0 Å². The summed E-state index contributed by atoms with van der Waals surface area (Å²) in [6, 6.07) is 5.74. The van der Waals surface area contributed by atoms with E-state index in [2.05, 4.69) is 15.8 Å². The minimum Gasteiger partial charge on any atom is -0.360 e. The Morgan fingerprint density at radius 3 is 3.00 bits per heavy atom. The first kappa shape index (κ1) is 10.5. The molecule has 16 heavy (non-hydrogen) atoms. The molecule has 0 aliphatic heterocycles. The largest absolute Gasteiger partial charge is 0.360 e. The van der Waals surface area contributed by atoms with Gasteiger partial charge in [-0.15, -0.1) is 6.42 Å². The molecular formula is C13H13N3. The van der Waals surface area contributed by atoms with Crippen molar-refractivity contribution in [3.63, 3.8) is 0 Å². The average Bonchev–Trinajstić information content (AvgIpc) is 3.12. The van der Waals surface area contributed by atoms with Crippen LogP contribution in [0.5, 0.6) is 0 Å². The molecule has 1 aromatic rings. The summed E-state index contributed by atoms with van der Waals surface area (Å²) in [7, 11) is 0. The second kappa shape index (κ2) is 4.68. The molecule has 1 fully saturated rings. The number of pyridine rings is 1. The van der Waals surface area contributed by atoms with Crippen LogP contribution in [0.3, 0.4) is 0 Å². The fourth-order valence-electron chi connectivity index (χ4n) is 1.66. The second-order valence-corrected chi connectivity index (χ2v) is 4.04. The van der Waals surface area contributed by atoms with Crippen molar-refractivity contribution in [1.29, 1.82) is 5.26 Å². The smallest absolute Gasteiger partial charge is 0.142 e. The summed E-state index contributed by atoms with van der Waals surface area (Å²) in [5.74, 6) is 3.43. The van der Waals surface area contributed by atoms with Gasteiger partial charge in [0.2, 0.25) is 0 Å². The summed E-state index contributed by atoms with van der Waals surface area (Å²) in [5, 5.41) is 8.80. The zero-order chi connectivity index (χ0) is 11.4. The average molecular weight is 211 g/mol. The quantitative estimate of drug-likeness (QED) is 0.713. The van der Waals surface area contributed by atoms with Gasteiger partial charge >= 0.3 is 0 Å². The maximum atomic E-state index is 8.80. The molecule has 0 unspecified atom stereocenters. The first-order valence-electron chi connectivity index (χ1n) is 5.38. The Morgan fingerprint density at radius 1 is 1.56 bits per heavy atom. The maximum Gasteiger partial charge on any atom is 0.142 e. The van der Waals surface area contributed by atoms with E-state index in [4.69, 9.17) is 11.7 Å². The van der Waals surface area contributed by atoms with Crippen LogP contribution < -0.4 is 4.90 Å². The molecule has 0 saturated heterocycles. The van der Waals surface area contributed by atoms with Crippen molar-refractivity contribution in [3.05, 3.63) is 24.0 Å². The number of hydrogen-bond acceptors (Lipinski definition) is 3. The van der Waals surface area contributed by atoms with Gasteiger partial charge in [-0.25, -0.2) is 4.98 Å². The van der Waals surface area contributed by atoms with Crippen molar-refractivity contribution >= 4 is 5.69 Å². The monoisotopic (exact) mass is 211 g/mol. The molecule has 3 heteroatoms. The van der Waals surface area contributed by atoms with E-state index in [-0.39, 0.29) is 0 Å². The summed E-state index contributed by atoms with van der Waals surface area (Å²) in [5.41, 5.74) is 1.44. The number of rotatable bonds is 4. The summed E-state index contributed by atoms with van der Waals surface area (Å²) < 4.78 is 0. The number of aromatic nitrogens is 1. The Balaban J connectivity index is 2.16. The number of terminal acetylenes is 1. The Morgan fingerprint density at radius 2 is 2.38 bits per heavy atom. The van der Waals surface area contributed by atoms with E-state index in [0.717, 1.165) is 18.2 Å². The number of nitrogens with zero attached hydrogens (tertiary/aromatic N) is 3. The van der Waals surface area contributed by atoms with Gasteiger partial charge in [0.15, 0.2) is 0 Å². The molecule has 0 radical (unpaired) electrons. The molecule has 3 nitrogen and oxygen atoms in total. The molecule has 1 saturated carbocycles. The van der Waals surface area contributed by atoms with E-state index in [1.165, 1.54) is 12.8 Å². The van der Waals surface area contributed by atoms with Crippen molar-refractivity contribution in [2.75, 3.05) is 18.0 Å². The summed E-state index contributed by atoms with van der Waals surface area (Å²) in [4.78, 5) is 6.09. The normalized spacial score (nSPS) is 13.9. The van der Waals surface area contributed by atoms with Crippen LogP contribution in [0.1, 0.15) is 18.5 Å². The lowest BCUT2D eigenvalue weighted by atomic mass is 10.2. The molecule has 0 aromatic carbocycles. The minimum atomic E-state index is 0.440. The zero-order valence-electron chi connectivity index (χ0n) is 9.06. The number of hydrogen-bond donors (Lipinski definition) is 0. The van der Waals surface area contributed by atoms with Gasteiger partial charge in [0.25, 0.3) is 0 Å². The van der Waals surface area contributed by atoms with Crippen molar-refractivity contribution in [3.8, 4) is 18.4 Å². The third-order valence-electron chi connectivity index (χ3n) is 2.68. The highest BCUT2D eigenvalue weighted by atomic mass is 15.1. The van der Waals surface area contributed by atoms with Gasteiger partial charge in [-0.05, 0) is 30.9 Å². The van der Waals surface area contributed by atoms with E-state index in [1.54, 1.807) is 12.3 Å². The van der Waals surface area contributed by atoms with Gasteiger partial charge in [0.1, 0.15) is 11.8 Å². The second-order valence-electron chi connectivity index (χ2n) is 4.04. The first-order chi connectivity index (χ1) is 7.83. The maximum absolute atomic E-state index is 8.80. The van der Waals surface area contributed by atoms with Crippen molar-refractivity contribution < 1.29 is 0 Å². The fraction of sp³-hybridized carbons (Fsp3) is 0.385. The van der Waals surface area contributed by atoms with Crippen LogP contribution in [-0.2, 0) is 0 Å². The highest BCUT2D eigenvalue weighted by Crippen LogP contribution is 2.31. The molecule has 1 heterocycles. The Bertz CT molecular complexity index is 449. The van der Waals surface area contributed by atoms with Gasteiger partial charge < -0.3 is 4.90 Å². The van der Waals surface area contributed by atoms with Crippen LogP contribution in [0.2, 0.25) is 0 Å². The molecule has 0 amide bonds. The van der Waals surface area contributed by atoms with Crippen LogP contribution >= 0.6 is 0 Å². The predicted octanol–water partition coefficient (Wildman–Crippen LogP) is 1.80. The van der Waals surface area contributed by atoms with Crippen molar-refractivity contribution in [1.82, 2.24) is 4.98 Å². The molecule has 0 N–H and O–H groups in total. The highest BCUT2D eigenvalue weighted by molar-refractivity contribution is 5.49. The predicted molar refractivity (Wildman–Crippen MR) is 62.7 cm³/mol. The molecule has 0 spiro atoms. The Hall–Kier alpha value is -2.00. The molecule has 1 aliphatic carbocycles. The van der Waals surface area contributed by atoms with Gasteiger partial charge in [-0.3, -0.25) is 0 Å². The van der Waals surface area contributed by atoms with Gasteiger partial charge in [0, 0.05) is 18.4 Å². The van der Waals surface area contributed by atoms with E-state index < -0.39 is 0 Å². The van der Waals surface area contributed by atoms with Crippen LogP contribution in [0.4, 0.5) is 5.69 Å². The van der Waals surface area contributed by atoms with Crippen molar-refractivity contribution in [2.24, 2.45) is 5.92 Å². The molecule has 0 atom stereocenters. The summed E-state index contributed by atoms with van der Waals surface area (Å²) >= 11 is 0. The molecular weight excluding hydrogens is 198 g/mol. The lowest BCUT2D eigenvalue weighted by Crippen LogP contribution is -2.26. The van der Waals surface area contributed by atoms with E-state index >= 15 is 0 Å².